The van der Waals surface area contributed by atoms with Crippen molar-refractivity contribution in [3.8, 4) is 0 Å². The van der Waals surface area contributed by atoms with E-state index < -0.39 is 0 Å². The second kappa shape index (κ2) is 10.5. The smallest absolute Gasteiger partial charge is 0.170 e. The molecule has 5 nitrogen and oxygen atoms in total. The molecule has 0 aliphatic carbocycles. The highest BCUT2D eigenvalue weighted by Crippen LogP contribution is 2.02. The maximum absolute atomic E-state index is 4.46. The Morgan fingerprint density at radius 3 is 2.13 bits per heavy atom. The van der Waals surface area contributed by atoms with E-state index in [9.17, 15) is 0 Å². The second-order valence-electron chi connectivity index (χ2n) is 6.31. The lowest BCUT2D eigenvalue weighted by Crippen LogP contribution is -2.34. The molecule has 2 rings (SSSR count). The number of hydrogen-bond donors (Lipinski definition) is 3. The van der Waals surface area contributed by atoms with Gasteiger partial charge in [-0.15, -0.1) is 0 Å². The maximum Gasteiger partial charge on any atom is 0.170 e. The molecule has 3 N–H and O–H groups in total. The Bertz CT molecular complexity index is 462. The summed E-state index contributed by atoms with van der Waals surface area (Å²) >= 11 is 0. The van der Waals surface area contributed by atoms with E-state index in [2.05, 4.69) is 57.7 Å². The van der Waals surface area contributed by atoms with Crippen molar-refractivity contribution in [2.45, 2.75) is 26.7 Å². The van der Waals surface area contributed by atoms with E-state index in [-0.39, 0.29) is 0 Å². The van der Waals surface area contributed by atoms with Crippen LogP contribution in [0.25, 0.3) is 0 Å². The Labute approximate surface area is 140 Å². The van der Waals surface area contributed by atoms with Gasteiger partial charge in [-0.3, -0.25) is 4.98 Å². The Kier molecular flexibility index (Phi) is 8.21. The third-order valence-corrected chi connectivity index (χ3v) is 4.00. The molecule has 1 aliphatic rings. The molecular formula is C18H32N5+. The summed E-state index contributed by atoms with van der Waals surface area (Å²) in [6, 6.07) is 4.32. The van der Waals surface area contributed by atoms with Crippen molar-refractivity contribution in [2.75, 3.05) is 52.4 Å². The highest BCUT2D eigenvalue weighted by Gasteiger charge is 2.06. The van der Waals surface area contributed by atoms with Gasteiger partial charge in [-0.2, -0.15) is 0 Å². The molecule has 128 valence electrons. The van der Waals surface area contributed by atoms with Crippen LogP contribution >= 0.6 is 0 Å². The molecule has 0 aromatic carbocycles. The van der Waals surface area contributed by atoms with Gasteiger partial charge in [0.1, 0.15) is 6.54 Å². The SMILES string of the molecule is Cc1cc(C=[N+]2CCCNCCNCCCNCC2)cc(C)n1. The predicted octanol–water partition coefficient (Wildman–Crippen LogP) is 0.692. The summed E-state index contributed by atoms with van der Waals surface area (Å²) in [5, 5.41) is 10.5. The summed E-state index contributed by atoms with van der Waals surface area (Å²) in [6.45, 7) is 12.7. The van der Waals surface area contributed by atoms with Crippen LogP contribution in [0.1, 0.15) is 29.8 Å². The number of aryl methyl sites for hydroxylation is 2. The molecule has 1 aromatic rings. The van der Waals surface area contributed by atoms with Crippen LogP contribution in [0.5, 0.6) is 0 Å². The molecule has 1 fully saturated rings. The summed E-state index contributed by atoms with van der Waals surface area (Å²) in [4.78, 5) is 4.46. The van der Waals surface area contributed by atoms with Crippen LogP contribution < -0.4 is 16.0 Å². The molecule has 0 bridgehead atoms. The van der Waals surface area contributed by atoms with Gasteiger partial charge in [0, 0.05) is 43.0 Å². The number of nitrogens with one attached hydrogen (secondary N) is 3. The van der Waals surface area contributed by atoms with E-state index >= 15 is 0 Å². The molecule has 1 aliphatic heterocycles. The minimum absolute atomic E-state index is 1.03. The first-order valence-electron chi connectivity index (χ1n) is 8.90. The number of hydrogen-bond acceptors (Lipinski definition) is 4. The number of rotatable bonds is 1. The van der Waals surface area contributed by atoms with Crippen molar-refractivity contribution in [3.63, 3.8) is 0 Å². The first-order chi connectivity index (χ1) is 11.2. The second-order valence-corrected chi connectivity index (χ2v) is 6.31. The minimum Gasteiger partial charge on any atom is -0.315 e. The molecule has 0 saturated carbocycles. The molecular weight excluding hydrogens is 286 g/mol. The Morgan fingerprint density at radius 2 is 1.43 bits per heavy atom. The van der Waals surface area contributed by atoms with Crippen LogP contribution in [-0.4, -0.2) is 68.1 Å². The van der Waals surface area contributed by atoms with Gasteiger partial charge in [0.2, 0.25) is 0 Å². The number of aromatic nitrogens is 1. The van der Waals surface area contributed by atoms with Crippen molar-refractivity contribution in [1.82, 2.24) is 20.9 Å². The van der Waals surface area contributed by atoms with Crippen LogP contribution in [-0.2, 0) is 0 Å². The lowest BCUT2D eigenvalue weighted by atomic mass is 10.2. The third kappa shape index (κ3) is 7.68. The molecule has 0 atom stereocenters. The fourth-order valence-corrected chi connectivity index (χ4v) is 2.91. The summed E-state index contributed by atoms with van der Waals surface area (Å²) in [5.41, 5.74) is 3.43. The fourth-order valence-electron chi connectivity index (χ4n) is 2.91. The van der Waals surface area contributed by atoms with Gasteiger partial charge in [0.25, 0.3) is 0 Å². The number of pyridine rings is 1. The zero-order chi connectivity index (χ0) is 16.3. The zero-order valence-corrected chi connectivity index (χ0v) is 14.7. The monoisotopic (exact) mass is 318 g/mol. The lowest BCUT2D eigenvalue weighted by molar-refractivity contribution is -0.521. The van der Waals surface area contributed by atoms with Crippen molar-refractivity contribution in [3.05, 3.63) is 29.1 Å². The summed E-state index contributed by atoms with van der Waals surface area (Å²) in [5.74, 6) is 0. The molecule has 2 heterocycles. The van der Waals surface area contributed by atoms with Crippen molar-refractivity contribution < 1.29 is 4.58 Å². The fraction of sp³-hybridized carbons (Fsp3) is 0.667. The van der Waals surface area contributed by atoms with Crippen molar-refractivity contribution in [1.29, 1.82) is 0 Å². The van der Waals surface area contributed by atoms with E-state index in [1.54, 1.807) is 0 Å². The van der Waals surface area contributed by atoms with Gasteiger partial charge in [-0.1, -0.05) is 0 Å². The van der Waals surface area contributed by atoms with Crippen molar-refractivity contribution in [2.24, 2.45) is 0 Å². The average Bonchev–Trinajstić information content (AvgIpc) is 2.50. The molecule has 1 saturated heterocycles. The van der Waals surface area contributed by atoms with E-state index in [0.29, 0.717) is 0 Å². The van der Waals surface area contributed by atoms with Crippen LogP contribution in [0, 0.1) is 13.8 Å². The molecule has 0 spiro atoms. The highest BCUT2D eigenvalue weighted by molar-refractivity contribution is 5.75. The van der Waals surface area contributed by atoms with E-state index in [1.807, 2.05) is 0 Å². The molecule has 1 aromatic heterocycles. The predicted molar refractivity (Wildman–Crippen MR) is 96.7 cm³/mol. The van der Waals surface area contributed by atoms with E-state index in [4.69, 9.17) is 0 Å². The Balaban J connectivity index is 1.98. The van der Waals surface area contributed by atoms with Crippen LogP contribution in [0.3, 0.4) is 0 Å². The van der Waals surface area contributed by atoms with Crippen LogP contribution in [0.15, 0.2) is 12.1 Å². The Hall–Kier alpha value is -1.30. The first-order valence-corrected chi connectivity index (χ1v) is 8.90. The maximum atomic E-state index is 4.46. The summed E-state index contributed by atoms with van der Waals surface area (Å²) in [7, 11) is 0. The Morgan fingerprint density at radius 1 is 0.826 bits per heavy atom. The number of nitrogens with zero attached hydrogens (tertiary/aromatic N) is 2. The molecule has 23 heavy (non-hydrogen) atoms. The average molecular weight is 318 g/mol. The minimum atomic E-state index is 1.03. The van der Waals surface area contributed by atoms with Gasteiger partial charge in [-0.25, -0.2) is 4.58 Å². The molecule has 0 unspecified atom stereocenters. The third-order valence-electron chi connectivity index (χ3n) is 4.00. The topological polar surface area (TPSA) is 52.0 Å². The highest BCUT2D eigenvalue weighted by atomic mass is 15.0. The summed E-state index contributed by atoms with van der Waals surface area (Å²) in [6.07, 6.45) is 4.64. The molecule has 5 heteroatoms. The van der Waals surface area contributed by atoms with Gasteiger partial charge in [0.15, 0.2) is 12.8 Å². The van der Waals surface area contributed by atoms with Crippen LogP contribution in [0.2, 0.25) is 0 Å². The van der Waals surface area contributed by atoms with Crippen molar-refractivity contribution >= 4 is 6.21 Å². The standard InChI is InChI=1S/C18H32N5/c1-16-13-18(14-17(2)22-16)15-23-11-4-7-20-9-8-19-5-3-6-21-10-12-23/h13-15,19-21H,3-12H2,1-2H3/q+1. The van der Waals surface area contributed by atoms with E-state index in [1.165, 1.54) is 18.4 Å². The van der Waals surface area contributed by atoms with Gasteiger partial charge >= 0.3 is 0 Å². The first kappa shape index (κ1) is 18.0. The molecule has 0 radical (unpaired) electrons. The lowest BCUT2D eigenvalue weighted by Gasteiger charge is -2.10. The quantitative estimate of drug-likeness (QED) is 0.667. The van der Waals surface area contributed by atoms with E-state index in [0.717, 1.165) is 63.7 Å². The zero-order valence-electron chi connectivity index (χ0n) is 14.7. The van der Waals surface area contributed by atoms with Gasteiger partial charge in [-0.05, 0) is 45.5 Å². The largest absolute Gasteiger partial charge is 0.315 e. The summed E-state index contributed by atoms with van der Waals surface area (Å²) < 4.78 is 2.44. The molecule has 0 amide bonds. The van der Waals surface area contributed by atoms with Crippen LogP contribution in [0.4, 0.5) is 0 Å². The normalized spacial score (nSPS) is 21.0. The van der Waals surface area contributed by atoms with Gasteiger partial charge in [0.05, 0.1) is 6.54 Å². The van der Waals surface area contributed by atoms with Gasteiger partial charge < -0.3 is 16.0 Å².